The molecule has 0 aromatic carbocycles. The fourth-order valence-electron chi connectivity index (χ4n) is 1.72. The van der Waals surface area contributed by atoms with E-state index in [0.717, 1.165) is 24.2 Å². The second-order valence-corrected chi connectivity index (χ2v) is 4.66. The number of ether oxygens (including phenoxy) is 1. The Morgan fingerprint density at radius 3 is 2.39 bits per heavy atom. The molecular weight excluding hydrogens is 232 g/mol. The van der Waals surface area contributed by atoms with Gasteiger partial charge in [-0.05, 0) is 33.3 Å². The molecule has 0 aliphatic carbocycles. The molecule has 1 N–H and O–H groups in total. The lowest BCUT2D eigenvalue weighted by atomic mass is 10.0. The molecule has 0 spiro atoms. The summed E-state index contributed by atoms with van der Waals surface area (Å²) in [5.74, 6) is -0.432. The molecule has 1 rings (SSSR count). The van der Waals surface area contributed by atoms with Gasteiger partial charge in [0.05, 0.1) is 6.61 Å². The summed E-state index contributed by atoms with van der Waals surface area (Å²) in [7, 11) is 0. The van der Waals surface area contributed by atoms with Crippen LogP contribution in [0.4, 0.5) is 0 Å². The van der Waals surface area contributed by atoms with Gasteiger partial charge in [0.2, 0.25) is 5.91 Å². The molecule has 1 aliphatic heterocycles. The predicted molar refractivity (Wildman–Crippen MR) is 69.1 cm³/mol. The molecule has 0 radical (unpaired) electrons. The van der Waals surface area contributed by atoms with Crippen LogP contribution in [-0.2, 0) is 14.3 Å². The van der Waals surface area contributed by atoms with Crippen molar-refractivity contribution in [3.05, 3.63) is 11.1 Å². The van der Waals surface area contributed by atoms with Gasteiger partial charge in [-0.25, -0.2) is 0 Å². The lowest BCUT2D eigenvalue weighted by molar-refractivity contribution is -0.148. The molecule has 102 valence electrons. The van der Waals surface area contributed by atoms with Gasteiger partial charge in [-0.1, -0.05) is 0 Å². The minimum atomic E-state index is -0.357. The van der Waals surface area contributed by atoms with Crippen molar-refractivity contribution < 1.29 is 14.3 Å². The van der Waals surface area contributed by atoms with Crippen LogP contribution in [0.1, 0.15) is 27.7 Å². The normalized spacial score (nSPS) is 14.2. The Morgan fingerprint density at radius 1 is 1.39 bits per heavy atom. The minimum absolute atomic E-state index is 0.0163. The number of nitrogens with one attached hydrogen (secondary N) is 1. The van der Waals surface area contributed by atoms with E-state index in [1.54, 1.807) is 11.8 Å². The number of carbonyl (C=O) groups excluding carboxylic acids is 2. The van der Waals surface area contributed by atoms with E-state index in [9.17, 15) is 9.59 Å². The van der Waals surface area contributed by atoms with E-state index in [1.807, 2.05) is 20.8 Å². The number of hydrogen-bond donors (Lipinski definition) is 1. The molecule has 18 heavy (non-hydrogen) atoms. The quantitative estimate of drug-likeness (QED) is 0.580. The maximum atomic E-state index is 12.3. The highest BCUT2D eigenvalue weighted by Crippen LogP contribution is 2.13. The molecule has 1 aliphatic rings. The molecule has 0 aromatic heterocycles. The molecule has 0 unspecified atom stereocenters. The van der Waals surface area contributed by atoms with Crippen molar-refractivity contribution in [1.82, 2.24) is 10.2 Å². The van der Waals surface area contributed by atoms with Crippen LogP contribution >= 0.6 is 0 Å². The largest absolute Gasteiger partial charge is 0.465 e. The molecule has 1 fully saturated rings. The van der Waals surface area contributed by atoms with Crippen molar-refractivity contribution >= 4 is 11.9 Å². The topological polar surface area (TPSA) is 58.6 Å². The number of amides is 1. The van der Waals surface area contributed by atoms with E-state index in [2.05, 4.69) is 5.32 Å². The summed E-state index contributed by atoms with van der Waals surface area (Å²) in [6.45, 7) is 9.26. The zero-order valence-electron chi connectivity index (χ0n) is 11.6. The maximum absolute atomic E-state index is 12.3. The third kappa shape index (κ3) is 3.57. The van der Waals surface area contributed by atoms with Crippen molar-refractivity contribution in [2.75, 3.05) is 26.2 Å². The monoisotopic (exact) mass is 254 g/mol. The summed E-state index contributed by atoms with van der Waals surface area (Å²) in [6, 6.07) is -0.0227. The van der Waals surface area contributed by atoms with Gasteiger partial charge < -0.3 is 15.0 Å². The number of nitrogens with zero attached hydrogens (tertiary/aromatic N) is 1. The van der Waals surface area contributed by atoms with Crippen LogP contribution in [0.25, 0.3) is 0 Å². The first-order chi connectivity index (χ1) is 8.47. The Labute approximate surface area is 108 Å². The van der Waals surface area contributed by atoms with E-state index < -0.39 is 0 Å². The number of rotatable bonds is 5. The smallest absolute Gasteiger partial charge is 0.325 e. The average molecular weight is 254 g/mol. The molecule has 1 saturated heterocycles. The summed E-state index contributed by atoms with van der Waals surface area (Å²) in [6.07, 6.45) is 0. The Morgan fingerprint density at radius 2 is 2.00 bits per heavy atom. The zero-order chi connectivity index (χ0) is 13.7. The third-order valence-corrected chi connectivity index (χ3v) is 3.02. The summed E-state index contributed by atoms with van der Waals surface area (Å²) in [5.41, 5.74) is 1.86. The fourth-order valence-corrected chi connectivity index (χ4v) is 1.72. The number of carbonyl (C=O) groups is 2. The first-order valence-corrected chi connectivity index (χ1v) is 6.33. The SMILES string of the molecule is CCOC(=O)CN(C(=O)C(C)=C1CNC1)C(C)C. The highest BCUT2D eigenvalue weighted by Gasteiger charge is 2.25. The van der Waals surface area contributed by atoms with E-state index in [4.69, 9.17) is 4.74 Å². The standard InChI is InChI=1S/C13H22N2O3/c1-5-18-12(16)8-15(9(2)3)13(17)10(4)11-6-14-7-11/h9,14H,5-8H2,1-4H3. The zero-order valence-corrected chi connectivity index (χ0v) is 11.6. The Kier molecular flexibility index (Phi) is 5.34. The second-order valence-electron chi connectivity index (χ2n) is 4.66. The van der Waals surface area contributed by atoms with Gasteiger partial charge >= 0.3 is 5.97 Å². The Hall–Kier alpha value is -1.36. The second kappa shape index (κ2) is 6.54. The van der Waals surface area contributed by atoms with Crippen LogP contribution in [0.15, 0.2) is 11.1 Å². The van der Waals surface area contributed by atoms with Crippen molar-refractivity contribution in [1.29, 1.82) is 0 Å². The summed E-state index contributed by atoms with van der Waals surface area (Å²) < 4.78 is 4.89. The van der Waals surface area contributed by atoms with Crippen molar-refractivity contribution in [3.8, 4) is 0 Å². The number of hydrogen-bond acceptors (Lipinski definition) is 4. The first-order valence-electron chi connectivity index (χ1n) is 6.33. The van der Waals surface area contributed by atoms with Gasteiger partial charge in [0.15, 0.2) is 0 Å². The van der Waals surface area contributed by atoms with Gasteiger partial charge in [-0.15, -0.1) is 0 Å². The fraction of sp³-hybridized carbons (Fsp3) is 0.692. The van der Waals surface area contributed by atoms with Crippen LogP contribution < -0.4 is 5.32 Å². The van der Waals surface area contributed by atoms with Gasteiger partial charge in [0, 0.05) is 24.7 Å². The molecule has 0 saturated carbocycles. The molecule has 5 heteroatoms. The molecule has 0 bridgehead atoms. The molecule has 0 aromatic rings. The summed E-state index contributed by atoms with van der Waals surface area (Å²) >= 11 is 0. The average Bonchev–Trinajstić information content (AvgIpc) is 2.22. The minimum Gasteiger partial charge on any atom is -0.465 e. The third-order valence-electron chi connectivity index (χ3n) is 3.02. The van der Waals surface area contributed by atoms with Crippen LogP contribution in [0.5, 0.6) is 0 Å². The van der Waals surface area contributed by atoms with E-state index in [-0.39, 0.29) is 24.5 Å². The van der Waals surface area contributed by atoms with E-state index in [0.29, 0.717) is 6.61 Å². The van der Waals surface area contributed by atoms with Crippen LogP contribution in [0.2, 0.25) is 0 Å². The highest BCUT2D eigenvalue weighted by atomic mass is 16.5. The van der Waals surface area contributed by atoms with Crippen molar-refractivity contribution in [3.63, 3.8) is 0 Å². The molecular formula is C13H22N2O3. The van der Waals surface area contributed by atoms with Crippen molar-refractivity contribution in [2.45, 2.75) is 33.7 Å². The van der Waals surface area contributed by atoms with E-state index >= 15 is 0 Å². The Balaban J connectivity index is 2.72. The molecule has 0 atom stereocenters. The van der Waals surface area contributed by atoms with Gasteiger partial charge in [0.25, 0.3) is 0 Å². The first kappa shape index (κ1) is 14.7. The lowest BCUT2D eigenvalue weighted by Crippen LogP contribution is -2.44. The Bertz CT molecular complexity index is 355. The van der Waals surface area contributed by atoms with Crippen LogP contribution in [-0.4, -0.2) is 49.1 Å². The summed E-state index contributed by atoms with van der Waals surface area (Å²) in [5, 5.41) is 3.11. The van der Waals surface area contributed by atoms with E-state index in [1.165, 1.54) is 0 Å². The predicted octanol–water partition coefficient (Wildman–Crippen LogP) is 0.706. The molecule has 1 heterocycles. The number of esters is 1. The van der Waals surface area contributed by atoms with Gasteiger partial charge in [-0.2, -0.15) is 0 Å². The summed E-state index contributed by atoms with van der Waals surface area (Å²) in [4.78, 5) is 25.3. The van der Waals surface area contributed by atoms with Crippen molar-refractivity contribution in [2.24, 2.45) is 0 Å². The maximum Gasteiger partial charge on any atom is 0.325 e. The highest BCUT2D eigenvalue weighted by molar-refractivity contribution is 5.96. The van der Waals surface area contributed by atoms with Crippen LogP contribution in [0, 0.1) is 0 Å². The molecule has 1 amide bonds. The van der Waals surface area contributed by atoms with Crippen LogP contribution in [0.3, 0.4) is 0 Å². The van der Waals surface area contributed by atoms with Gasteiger partial charge in [0.1, 0.15) is 6.54 Å². The molecule has 5 nitrogen and oxygen atoms in total. The lowest BCUT2D eigenvalue weighted by Gasteiger charge is -2.29. The van der Waals surface area contributed by atoms with Gasteiger partial charge in [-0.3, -0.25) is 9.59 Å².